The summed E-state index contributed by atoms with van der Waals surface area (Å²) < 4.78 is 28.1. The fourth-order valence-electron chi connectivity index (χ4n) is 2.01. The maximum atomic E-state index is 12.2. The van der Waals surface area contributed by atoms with Crippen LogP contribution >= 0.6 is 35.3 Å². The molecule has 2 atom stereocenters. The van der Waals surface area contributed by atoms with E-state index in [1.54, 1.807) is 6.07 Å². The van der Waals surface area contributed by atoms with Gasteiger partial charge in [-0.15, -0.1) is 23.7 Å². The van der Waals surface area contributed by atoms with Crippen LogP contribution in [0.3, 0.4) is 0 Å². The quantitative estimate of drug-likeness (QED) is 0.885. The number of sulfonamides is 1. The lowest BCUT2D eigenvalue weighted by atomic mass is 9.97. The molecule has 2 rings (SSSR count). The molecular weight excluding hydrogens is 327 g/mol. The van der Waals surface area contributed by atoms with Gasteiger partial charge in [0.1, 0.15) is 4.21 Å². The third kappa shape index (κ3) is 4.06. The van der Waals surface area contributed by atoms with Gasteiger partial charge in [-0.25, -0.2) is 13.1 Å². The van der Waals surface area contributed by atoms with Crippen molar-refractivity contribution < 1.29 is 8.42 Å². The molecule has 1 fully saturated rings. The molecule has 0 saturated carbocycles. The molecule has 0 bridgehead atoms. The molecule has 0 radical (unpaired) electrons. The van der Waals surface area contributed by atoms with Gasteiger partial charge in [0.05, 0.1) is 4.34 Å². The highest BCUT2D eigenvalue weighted by Gasteiger charge is 2.27. The molecular formula is C11H18Cl2N2O2S2. The number of halogens is 2. The van der Waals surface area contributed by atoms with E-state index in [9.17, 15) is 8.42 Å². The summed E-state index contributed by atoms with van der Waals surface area (Å²) in [6.07, 6.45) is 0.818. The second-order valence-electron chi connectivity index (χ2n) is 4.72. The molecule has 1 aromatic rings. The maximum absolute atomic E-state index is 12.2. The van der Waals surface area contributed by atoms with Gasteiger partial charge < -0.3 is 5.32 Å². The van der Waals surface area contributed by atoms with E-state index in [0.717, 1.165) is 36.4 Å². The van der Waals surface area contributed by atoms with Crippen LogP contribution in [0.4, 0.5) is 0 Å². The van der Waals surface area contributed by atoms with Crippen molar-refractivity contribution in [2.24, 2.45) is 5.92 Å². The van der Waals surface area contributed by atoms with E-state index in [0.29, 0.717) is 14.5 Å². The van der Waals surface area contributed by atoms with Crippen LogP contribution in [0.1, 0.15) is 18.9 Å². The summed E-state index contributed by atoms with van der Waals surface area (Å²) in [6, 6.07) is 1.62. The van der Waals surface area contributed by atoms with Crippen LogP contribution in [0.5, 0.6) is 0 Å². The van der Waals surface area contributed by atoms with Crippen LogP contribution in [0, 0.1) is 12.8 Å². The first kappa shape index (κ1) is 17.2. The summed E-state index contributed by atoms with van der Waals surface area (Å²) in [5, 5.41) is 3.25. The molecule has 1 aromatic heterocycles. The van der Waals surface area contributed by atoms with Crippen LogP contribution in [-0.2, 0) is 10.0 Å². The van der Waals surface area contributed by atoms with Crippen molar-refractivity contribution in [1.29, 1.82) is 0 Å². The minimum atomic E-state index is -3.44. The Kier molecular flexibility index (Phi) is 6.10. The van der Waals surface area contributed by atoms with Crippen molar-refractivity contribution in [2.75, 3.05) is 13.1 Å². The summed E-state index contributed by atoms with van der Waals surface area (Å²) in [4.78, 5) is 0. The lowest BCUT2D eigenvalue weighted by Crippen LogP contribution is -2.48. The molecule has 0 aliphatic carbocycles. The zero-order valence-electron chi connectivity index (χ0n) is 10.8. The van der Waals surface area contributed by atoms with Gasteiger partial charge >= 0.3 is 0 Å². The minimum Gasteiger partial charge on any atom is -0.316 e. The van der Waals surface area contributed by atoms with Gasteiger partial charge in [-0.1, -0.05) is 18.5 Å². The standard InChI is InChI=1S/C11H17ClN2O2S2.ClH/c1-7-5-10(17-11(7)12)18(15,16)14-9-3-4-13-6-8(9)2;/h5,8-9,13-14H,3-4,6H2,1-2H3;1H. The molecule has 2 unspecified atom stereocenters. The normalized spacial score (nSPS) is 23.9. The Balaban J connectivity index is 0.00000180. The Morgan fingerprint density at radius 3 is 2.74 bits per heavy atom. The average Bonchev–Trinajstić information content (AvgIpc) is 2.63. The smallest absolute Gasteiger partial charge is 0.250 e. The predicted octanol–water partition coefficient (Wildman–Crippen LogP) is 2.41. The topological polar surface area (TPSA) is 58.2 Å². The van der Waals surface area contributed by atoms with Crippen LogP contribution in [0.25, 0.3) is 0 Å². The molecule has 2 heterocycles. The van der Waals surface area contributed by atoms with Gasteiger partial charge in [-0.3, -0.25) is 0 Å². The maximum Gasteiger partial charge on any atom is 0.250 e. The molecule has 0 amide bonds. The number of aryl methyl sites for hydroxylation is 1. The van der Waals surface area contributed by atoms with Crippen LogP contribution in [0.2, 0.25) is 4.34 Å². The van der Waals surface area contributed by atoms with Crippen LogP contribution in [-0.4, -0.2) is 27.5 Å². The first-order valence-corrected chi connectivity index (χ1v) is 8.57. The third-order valence-electron chi connectivity index (χ3n) is 3.19. The molecule has 19 heavy (non-hydrogen) atoms. The minimum absolute atomic E-state index is 0. The summed E-state index contributed by atoms with van der Waals surface area (Å²) in [5.74, 6) is 0.296. The molecule has 110 valence electrons. The fraction of sp³-hybridized carbons (Fsp3) is 0.636. The Hall–Kier alpha value is 0.150. The van der Waals surface area contributed by atoms with Crippen molar-refractivity contribution in [2.45, 2.75) is 30.5 Å². The molecule has 0 spiro atoms. The number of nitrogens with one attached hydrogen (secondary N) is 2. The summed E-state index contributed by atoms with van der Waals surface area (Å²) >= 11 is 7.03. The lowest BCUT2D eigenvalue weighted by Gasteiger charge is -2.29. The Morgan fingerprint density at radius 2 is 2.21 bits per heavy atom. The molecule has 1 aliphatic rings. The summed E-state index contributed by atoms with van der Waals surface area (Å²) in [5.41, 5.74) is 0.806. The van der Waals surface area contributed by atoms with E-state index in [-0.39, 0.29) is 18.4 Å². The van der Waals surface area contributed by atoms with Gasteiger partial charge in [-0.05, 0) is 44.0 Å². The number of hydrogen-bond acceptors (Lipinski definition) is 4. The largest absolute Gasteiger partial charge is 0.316 e. The van der Waals surface area contributed by atoms with Crippen molar-refractivity contribution >= 4 is 45.4 Å². The predicted molar refractivity (Wildman–Crippen MR) is 82.1 cm³/mol. The monoisotopic (exact) mass is 344 g/mol. The highest BCUT2D eigenvalue weighted by atomic mass is 35.5. The average molecular weight is 345 g/mol. The molecule has 8 heteroatoms. The van der Waals surface area contributed by atoms with Crippen LogP contribution < -0.4 is 10.0 Å². The molecule has 0 aromatic carbocycles. The molecule has 1 aliphatic heterocycles. The highest BCUT2D eigenvalue weighted by molar-refractivity contribution is 7.91. The van der Waals surface area contributed by atoms with E-state index in [1.807, 2.05) is 13.8 Å². The van der Waals surface area contributed by atoms with E-state index < -0.39 is 10.0 Å². The lowest BCUT2D eigenvalue weighted by molar-refractivity contribution is 0.328. The van der Waals surface area contributed by atoms with E-state index in [2.05, 4.69) is 10.0 Å². The van der Waals surface area contributed by atoms with E-state index in [4.69, 9.17) is 11.6 Å². The van der Waals surface area contributed by atoms with Gasteiger partial charge in [0, 0.05) is 6.04 Å². The number of hydrogen-bond donors (Lipinski definition) is 2. The second kappa shape index (κ2) is 6.74. The van der Waals surface area contributed by atoms with E-state index in [1.165, 1.54) is 0 Å². The zero-order valence-corrected chi connectivity index (χ0v) is 14.0. The SMILES string of the molecule is Cc1cc(S(=O)(=O)NC2CCNCC2C)sc1Cl.Cl. The van der Waals surface area contributed by atoms with Crippen LogP contribution in [0.15, 0.2) is 10.3 Å². The van der Waals surface area contributed by atoms with Crippen molar-refractivity contribution in [3.63, 3.8) is 0 Å². The molecule has 1 saturated heterocycles. The molecule has 2 N–H and O–H groups in total. The second-order valence-corrected chi connectivity index (χ2v) is 8.32. The number of thiophene rings is 1. The van der Waals surface area contributed by atoms with Gasteiger partial charge in [0.2, 0.25) is 10.0 Å². The Morgan fingerprint density at radius 1 is 1.53 bits per heavy atom. The van der Waals surface area contributed by atoms with Gasteiger partial charge in [0.25, 0.3) is 0 Å². The number of rotatable bonds is 3. The molecule has 4 nitrogen and oxygen atoms in total. The Bertz CT molecular complexity index is 511. The first-order chi connectivity index (χ1) is 8.40. The van der Waals surface area contributed by atoms with Crippen molar-refractivity contribution in [3.8, 4) is 0 Å². The number of piperidine rings is 1. The van der Waals surface area contributed by atoms with Crippen molar-refractivity contribution in [3.05, 3.63) is 16.0 Å². The Labute approximate surface area is 129 Å². The summed E-state index contributed by atoms with van der Waals surface area (Å²) in [7, 11) is -3.44. The van der Waals surface area contributed by atoms with E-state index >= 15 is 0 Å². The van der Waals surface area contributed by atoms with Crippen molar-refractivity contribution in [1.82, 2.24) is 10.0 Å². The first-order valence-electron chi connectivity index (χ1n) is 5.89. The zero-order chi connectivity index (χ0) is 13.3. The fourth-order valence-corrected chi connectivity index (χ4v) is 5.11. The third-order valence-corrected chi connectivity index (χ3v) is 6.71. The van der Waals surface area contributed by atoms with Gasteiger partial charge in [0.15, 0.2) is 0 Å². The summed E-state index contributed by atoms with van der Waals surface area (Å²) in [6.45, 7) is 5.55. The highest BCUT2D eigenvalue weighted by Crippen LogP contribution is 2.30. The van der Waals surface area contributed by atoms with Gasteiger partial charge in [-0.2, -0.15) is 0 Å².